The molecule has 0 saturated carbocycles. The molecular weight excluding hydrogens is 386 g/mol. The fourth-order valence-electron chi connectivity index (χ4n) is 3.36. The van der Waals surface area contributed by atoms with Gasteiger partial charge in [-0.15, -0.1) is 0 Å². The van der Waals surface area contributed by atoms with Crippen molar-refractivity contribution in [2.45, 2.75) is 76.7 Å². The van der Waals surface area contributed by atoms with Gasteiger partial charge in [0.05, 0.1) is 0 Å². The maximum Gasteiger partial charge on any atom is 0.407 e. The van der Waals surface area contributed by atoms with Gasteiger partial charge < -0.3 is 29.7 Å². The maximum absolute atomic E-state index is 12.0. The third-order valence-corrected chi connectivity index (χ3v) is 5.22. The monoisotopic (exact) mass is 429 g/mol. The minimum Gasteiger partial charge on any atom is -0.446 e. The van der Waals surface area contributed by atoms with Crippen molar-refractivity contribution < 1.29 is 23.8 Å². The third kappa shape index (κ3) is 12.9. The molecule has 0 aromatic heterocycles. The lowest BCUT2D eigenvalue weighted by molar-refractivity contribution is -0.134. The van der Waals surface area contributed by atoms with Crippen LogP contribution in [0.2, 0.25) is 0 Å². The van der Waals surface area contributed by atoms with Crippen LogP contribution in [0.5, 0.6) is 0 Å². The van der Waals surface area contributed by atoms with Gasteiger partial charge in [-0.2, -0.15) is 0 Å². The number of ether oxygens (including phenoxy) is 3. The summed E-state index contributed by atoms with van der Waals surface area (Å²) in [5.74, 6) is 0. The fourth-order valence-corrected chi connectivity index (χ4v) is 3.36. The molecule has 0 bridgehead atoms. The number of carbonyl (C=O) groups excluding carboxylic acids is 2. The highest BCUT2D eigenvalue weighted by Crippen LogP contribution is 2.26. The molecular formula is C22H43N3O5. The minimum absolute atomic E-state index is 0.0806. The van der Waals surface area contributed by atoms with E-state index in [1.54, 1.807) is 0 Å². The molecule has 0 aromatic rings. The van der Waals surface area contributed by atoms with E-state index in [4.69, 9.17) is 14.2 Å². The van der Waals surface area contributed by atoms with Crippen LogP contribution in [0.1, 0.15) is 71.1 Å². The van der Waals surface area contributed by atoms with Crippen molar-refractivity contribution in [1.29, 1.82) is 0 Å². The smallest absolute Gasteiger partial charge is 0.407 e. The van der Waals surface area contributed by atoms with E-state index in [-0.39, 0.29) is 13.2 Å². The summed E-state index contributed by atoms with van der Waals surface area (Å²) in [6.45, 7) is 5.02. The predicted octanol–water partition coefficient (Wildman–Crippen LogP) is 3.69. The zero-order chi connectivity index (χ0) is 22.1. The van der Waals surface area contributed by atoms with Crippen LogP contribution in [0.3, 0.4) is 0 Å². The van der Waals surface area contributed by atoms with Gasteiger partial charge in [-0.3, -0.25) is 0 Å². The van der Waals surface area contributed by atoms with E-state index in [9.17, 15) is 9.59 Å². The zero-order valence-corrected chi connectivity index (χ0v) is 19.3. The predicted molar refractivity (Wildman–Crippen MR) is 118 cm³/mol. The van der Waals surface area contributed by atoms with Crippen molar-refractivity contribution in [1.82, 2.24) is 15.5 Å². The molecule has 8 nitrogen and oxygen atoms in total. The van der Waals surface area contributed by atoms with Gasteiger partial charge in [0.2, 0.25) is 0 Å². The topological polar surface area (TPSA) is 89.1 Å². The van der Waals surface area contributed by atoms with Crippen molar-refractivity contribution in [3.05, 3.63) is 0 Å². The Labute approximate surface area is 182 Å². The highest BCUT2D eigenvalue weighted by Gasteiger charge is 2.36. The largest absolute Gasteiger partial charge is 0.446 e. The zero-order valence-electron chi connectivity index (χ0n) is 19.3. The summed E-state index contributed by atoms with van der Waals surface area (Å²) < 4.78 is 16.7. The Hall–Kier alpha value is -1.54. The second-order valence-corrected chi connectivity index (χ2v) is 8.42. The Morgan fingerprint density at radius 2 is 1.50 bits per heavy atom. The quantitative estimate of drug-likeness (QED) is 0.386. The second-order valence-electron chi connectivity index (χ2n) is 8.42. The van der Waals surface area contributed by atoms with Gasteiger partial charge in [-0.25, -0.2) is 9.59 Å². The van der Waals surface area contributed by atoms with Gasteiger partial charge in [0, 0.05) is 19.7 Å². The molecule has 1 rings (SSSR count). The number of alkyl carbamates (subject to hydrolysis) is 2. The molecule has 8 heteroatoms. The van der Waals surface area contributed by atoms with E-state index in [1.807, 2.05) is 14.1 Å². The van der Waals surface area contributed by atoms with Gasteiger partial charge in [0.15, 0.2) is 0 Å². The normalized spacial score (nSPS) is 18.8. The Bertz CT molecular complexity index is 468. The van der Waals surface area contributed by atoms with Crippen molar-refractivity contribution in [3.63, 3.8) is 0 Å². The molecule has 30 heavy (non-hydrogen) atoms. The molecule has 176 valence electrons. The number of nitrogens with zero attached hydrogens (tertiary/aromatic N) is 1. The van der Waals surface area contributed by atoms with Gasteiger partial charge in [0.1, 0.15) is 18.8 Å². The Balaban J connectivity index is 2.26. The van der Waals surface area contributed by atoms with E-state index in [2.05, 4.69) is 22.5 Å². The average molecular weight is 430 g/mol. The first-order valence-corrected chi connectivity index (χ1v) is 11.6. The number of hydrogen-bond donors (Lipinski definition) is 2. The highest BCUT2D eigenvalue weighted by atomic mass is 16.6. The van der Waals surface area contributed by atoms with Crippen LogP contribution in [-0.4, -0.2) is 76.2 Å². The lowest BCUT2D eigenvalue weighted by Gasteiger charge is -2.36. The Morgan fingerprint density at radius 1 is 0.900 bits per heavy atom. The van der Waals surface area contributed by atoms with Crippen molar-refractivity contribution in [3.8, 4) is 0 Å². The Morgan fingerprint density at radius 3 is 2.07 bits per heavy atom. The number of carbonyl (C=O) groups is 2. The number of unbranched alkanes of at least 4 members (excludes halogenated alkanes) is 5. The first kappa shape index (κ1) is 26.5. The summed E-state index contributed by atoms with van der Waals surface area (Å²) in [7, 11) is 3.98. The van der Waals surface area contributed by atoms with Crippen LogP contribution in [0.15, 0.2) is 0 Å². The summed E-state index contributed by atoms with van der Waals surface area (Å²) in [6.07, 6.45) is 9.60. The lowest BCUT2D eigenvalue weighted by atomic mass is 9.95. The summed E-state index contributed by atoms with van der Waals surface area (Å²) >= 11 is 0. The van der Waals surface area contributed by atoms with Crippen LogP contribution in [0.4, 0.5) is 9.59 Å². The standard InChI is InChI=1S/C22H43N3O5/c1-4-5-6-7-8-10-14-23-20(26)28-18-22(13-9-11-17-30-22)19-29-21(27)24-15-12-16-25(2)3/h4-19H2,1-3H3,(H,23,26)(H,24,27). The summed E-state index contributed by atoms with van der Waals surface area (Å²) in [5, 5.41) is 5.55. The molecule has 0 aromatic carbocycles. The van der Waals surface area contributed by atoms with Crippen molar-refractivity contribution >= 4 is 12.2 Å². The molecule has 1 aliphatic heterocycles. The van der Waals surface area contributed by atoms with Crippen LogP contribution in [0, 0.1) is 0 Å². The van der Waals surface area contributed by atoms with E-state index in [1.165, 1.54) is 25.7 Å². The third-order valence-electron chi connectivity index (χ3n) is 5.22. The first-order chi connectivity index (χ1) is 14.5. The van der Waals surface area contributed by atoms with Crippen LogP contribution < -0.4 is 10.6 Å². The molecule has 0 aliphatic carbocycles. The molecule has 1 fully saturated rings. The molecule has 2 amide bonds. The van der Waals surface area contributed by atoms with Gasteiger partial charge >= 0.3 is 12.2 Å². The van der Waals surface area contributed by atoms with E-state index in [0.29, 0.717) is 26.1 Å². The second kappa shape index (κ2) is 16.2. The Kier molecular flexibility index (Phi) is 14.3. The number of rotatable bonds is 15. The molecule has 1 unspecified atom stereocenters. The van der Waals surface area contributed by atoms with Crippen molar-refractivity contribution in [2.75, 3.05) is 53.6 Å². The summed E-state index contributed by atoms with van der Waals surface area (Å²) in [5.41, 5.74) is -0.753. The fraction of sp³-hybridized carbons (Fsp3) is 0.909. The van der Waals surface area contributed by atoms with Crippen LogP contribution >= 0.6 is 0 Å². The van der Waals surface area contributed by atoms with Gasteiger partial charge in [0.25, 0.3) is 0 Å². The number of nitrogens with one attached hydrogen (secondary N) is 2. The van der Waals surface area contributed by atoms with Crippen LogP contribution in [0.25, 0.3) is 0 Å². The number of amides is 2. The maximum atomic E-state index is 12.0. The first-order valence-electron chi connectivity index (χ1n) is 11.6. The average Bonchev–Trinajstić information content (AvgIpc) is 2.74. The SMILES string of the molecule is CCCCCCCCNC(=O)OCC1(COC(=O)NCCCN(C)C)CCCCO1. The van der Waals surface area contributed by atoms with Gasteiger partial charge in [-0.1, -0.05) is 39.0 Å². The van der Waals surface area contributed by atoms with E-state index >= 15 is 0 Å². The van der Waals surface area contributed by atoms with Crippen LogP contribution in [-0.2, 0) is 14.2 Å². The molecule has 1 atom stereocenters. The van der Waals surface area contributed by atoms with Gasteiger partial charge in [-0.05, 0) is 52.7 Å². The summed E-state index contributed by atoms with van der Waals surface area (Å²) in [6, 6.07) is 0. The molecule has 1 aliphatic rings. The van der Waals surface area contributed by atoms with Crippen molar-refractivity contribution in [2.24, 2.45) is 0 Å². The minimum atomic E-state index is -0.753. The molecule has 1 saturated heterocycles. The number of hydrogen-bond acceptors (Lipinski definition) is 6. The van der Waals surface area contributed by atoms with E-state index in [0.717, 1.165) is 38.6 Å². The molecule has 2 N–H and O–H groups in total. The highest BCUT2D eigenvalue weighted by molar-refractivity contribution is 5.67. The molecule has 0 spiro atoms. The molecule has 1 heterocycles. The summed E-state index contributed by atoms with van der Waals surface area (Å²) in [4.78, 5) is 26.0. The van der Waals surface area contributed by atoms with E-state index < -0.39 is 17.8 Å². The lowest BCUT2D eigenvalue weighted by Crippen LogP contribution is -2.47. The molecule has 0 radical (unpaired) electrons.